The minimum absolute atomic E-state index is 0.0656. The number of halogens is 3. The van der Waals surface area contributed by atoms with Gasteiger partial charge in [-0.3, -0.25) is 0 Å². The van der Waals surface area contributed by atoms with E-state index in [0.717, 1.165) is 16.9 Å². The molecule has 7 nitrogen and oxygen atoms in total. The third-order valence-electron chi connectivity index (χ3n) is 3.21. The second-order valence-electron chi connectivity index (χ2n) is 5.06. The molecule has 2 heterocycles. The van der Waals surface area contributed by atoms with Crippen molar-refractivity contribution in [3.05, 3.63) is 46.7 Å². The van der Waals surface area contributed by atoms with Crippen molar-refractivity contribution >= 4 is 22.3 Å². The molecule has 2 aromatic heterocycles. The second kappa shape index (κ2) is 7.05. The Morgan fingerprint density at radius 3 is 2.64 bits per heavy atom. The van der Waals surface area contributed by atoms with Crippen molar-refractivity contribution < 1.29 is 18.0 Å². The first kappa shape index (κ1) is 17.1. The van der Waals surface area contributed by atoms with Gasteiger partial charge in [0.05, 0.1) is 0 Å². The van der Waals surface area contributed by atoms with Gasteiger partial charge in [0.15, 0.2) is 0 Å². The van der Waals surface area contributed by atoms with Gasteiger partial charge in [-0.1, -0.05) is 41.7 Å². The number of aromatic nitrogens is 4. The lowest BCUT2D eigenvalue weighted by Crippen LogP contribution is -2.36. The number of fused-ring (bicyclic) bond motifs is 1. The highest BCUT2D eigenvalue weighted by Gasteiger charge is 2.38. The number of amides is 2. The molecule has 2 N–H and O–H groups in total. The first-order valence-corrected chi connectivity index (χ1v) is 8.09. The van der Waals surface area contributed by atoms with Crippen LogP contribution in [0.3, 0.4) is 0 Å². The Balaban J connectivity index is 1.49. The smallest absolute Gasteiger partial charge is 0.338 e. The van der Waals surface area contributed by atoms with E-state index in [-0.39, 0.29) is 17.5 Å². The SMILES string of the molecule is O=C(NCCc1nn2c(C(F)(F)F)nnc2s1)NCc1ccccc1. The fourth-order valence-electron chi connectivity index (χ4n) is 2.06. The predicted octanol–water partition coefficient (Wildman–Crippen LogP) is 2.25. The molecule has 0 fully saturated rings. The van der Waals surface area contributed by atoms with Crippen molar-refractivity contribution in [2.75, 3.05) is 6.54 Å². The number of hydrogen-bond donors (Lipinski definition) is 2. The number of nitrogens with zero attached hydrogens (tertiary/aromatic N) is 4. The second-order valence-corrected chi connectivity index (χ2v) is 6.10. The summed E-state index contributed by atoms with van der Waals surface area (Å²) in [6.45, 7) is 0.629. The van der Waals surface area contributed by atoms with Crippen LogP contribution < -0.4 is 10.6 Å². The van der Waals surface area contributed by atoms with Gasteiger partial charge >= 0.3 is 12.2 Å². The van der Waals surface area contributed by atoms with Gasteiger partial charge in [0.25, 0.3) is 5.82 Å². The van der Waals surface area contributed by atoms with E-state index in [1.54, 1.807) is 0 Å². The van der Waals surface area contributed by atoms with E-state index in [0.29, 0.717) is 22.5 Å². The van der Waals surface area contributed by atoms with E-state index in [1.807, 2.05) is 30.3 Å². The molecule has 11 heteroatoms. The van der Waals surface area contributed by atoms with Gasteiger partial charge in [-0.15, -0.1) is 10.2 Å². The van der Waals surface area contributed by atoms with Crippen molar-refractivity contribution in [1.29, 1.82) is 0 Å². The zero-order valence-corrected chi connectivity index (χ0v) is 13.6. The lowest BCUT2D eigenvalue weighted by atomic mass is 10.2. The van der Waals surface area contributed by atoms with Crippen LogP contribution in [0.15, 0.2) is 30.3 Å². The van der Waals surface area contributed by atoms with Crippen LogP contribution in [-0.4, -0.2) is 32.4 Å². The van der Waals surface area contributed by atoms with Crippen molar-refractivity contribution in [1.82, 2.24) is 30.4 Å². The molecule has 0 saturated heterocycles. The molecular weight excluding hydrogens is 357 g/mol. The van der Waals surface area contributed by atoms with Gasteiger partial charge in [0.2, 0.25) is 4.96 Å². The number of nitrogens with one attached hydrogen (secondary N) is 2. The van der Waals surface area contributed by atoms with Crippen LogP contribution >= 0.6 is 11.3 Å². The number of benzene rings is 1. The summed E-state index contributed by atoms with van der Waals surface area (Å²) >= 11 is 1.00. The highest BCUT2D eigenvalue weighted by molar-refractivity contribution is 7.16. The number of alkyl halides is 3. The van der Waals surface area contributed by atoms with Gasteiger partial charge in [-0.05, 0) is 5.56 Å². The number of hydrogen-bond acceptors (Lipinski definition) is 5. The molecule has 0 atom stereocenters. The average molecular weight is 370 g/mol. The maximum absolute atomic E-state index is 12.7. The molecule has 0 bridgehead atoms. The summed E-state index contributed by atoms with van der Waals surface area (Å²) in [5, 5.41) is 16.1. The van der Waals surface area contributed by atoms with E-state index in [2.05, 4.69) is 25.9 Å². The van der Waals surface area contributed by atoms with Crippen LogP contribution in [0.25, 0.3) is 4.96 Å². The van der Waals surface area contributed by atoms with Crippen LogP contribution in [0.4, 0.5) is 18.0 Å². The summed E-state index contributed by atoms with van der Waals surface area (Å²) in [6.07, 6.45) is -4.32. The molecule has 0 aliphatic rings. The lowest BCUT2D eigenvalue weighted by molar-refractivity contribution is -0.146. The van der Waals surface area contributed by atoms with Gasteiger partial charge in [0.1, 0.15) is 5.01 Å². The fourth-order valence-corrected chi connectivity index (χ4v) is 2.89. The van der Waals surface area contributed by atoms with E-state index in [4.69, 9.17) is 0 Å². The van der Waals surface area contributed by atoms with Gasteiger partial charge in [-0.2, -0.15) is 22.8 Å². The maximum Gasteiger partial charge on any atom is 0.453 e. The normalized spacial score (nSPS) is 11.6. The molecule has 3 rings (SSSR count). The summed E-state index contributed by atoms with van der Waals surface area (Å²) in [7, 11) is 0. The first-order chi connectivity index (χ1) is 11.9. The van der Waals surface area contributed by atoms with Crippen LogP contribution in [0, 0.1) is 0 Å². The number of carbonyl (C=O) groups excluding carboxylic acids is 1. The minimum Gasteiger partial charge on any atom is -0.338 e. The molecule has 0 radical (unpaired) electrons. The molecular formula is C14H13F3N6OS. The largest absolute Gasteiger partial charge is 0.453 e. The summed E-state index contributed by atoms with van der Waals surface area (Å²) in [5.41, 5.74) is 0.964. The molecule has 0 unspecified atom stereocenters. The Morgan fingerprint density at radius 1 is 1.16 bits per heavy atom. The standard InChI is InChI=1S/C14H13F3N6OS/c15-14(16,17)11-20-21-13-23(11)22-10(25-13)6-7-18-12(24)19-8-9-4-2-1-3-5-9/h1-5H,6-8H2,(H2,18,19,24). The van der Waals surface area contributed by atoms with Crippen LogP contribution in [0.2, 0.25) is 0 Å². The highest BCUT2D eigenvalue weighted by atomic mass is 32.1. The third kappa shape index (κ3) is 4.24. The van der Waals surface area contributed by atoms with Crippen molar-refractivity contribution in [2.45, 2.75) is 19.1 Å². The number of urea groups is 1. The quantitative estimate of drug-likeness (QED) is 0.722. The fraction of sp³-hybridized carbons (Fsp3) is 0.286. The molecule has 1 aromatic carbocycles. The van der Waals surface area contributed by atoms with E-state index in [9.17, 15) is 18.0 Å². The summed E-state index contributed by atoms with van der Waals surface area (Å²) in [6, 6.07) is 9.04. The first-order valence-electron chi connectivity index (χ1n) is 7.27. The molecule has 0 aliphatic carbocycles. The van der Waals surface area contributed by atoms with Crippen molar-refractivity contribution in [3.63, 3.8) is 0 Å². The third-order valence-corrected chi connectivity index (χ3v) is 4.17. The Labute approximate surface area is 143 Å². The predicted molar refractivity (Wildman–Crippen MR) is 84.0 cm³/mol. The molecule has 0 saturated carbocycles. The highest BCUT2D eigenvalue weighted by Crippen LogP contribution is 2.28. The number of rotatable bonds is 5. The molecule has 0 spiro atoms. The summed E-state index contributed by atoms with van der Waals surface area (Å²) in [4.78, 5) is 11.8. The molecule has 0 aliphatic heterocycles. The Hall–Kier alpha value is -2.69. The van der Waals surface area contributed by atoms with Gasteiger partial charge < -0.3 is 10.6 Å². The van der Waals surface area contributed by atoms with Crippen LogP contribution in [0.1, 0.15) is 16.4 Å². The Bertz CT molecular complexity index is 860. The summed E-state index contributed by atoms with van der Waals surface area (Å²) < 4.78 is 38.8. The molecule has 2 amide bonds. The average Bonchev–Trinajstić information content (AvgIpc) is 3.13. The topological polar surface area (TPSA) is 84.2 Å². The Morgan fingerprint density at radius 2 is 1.92 bits per heavy atom. The van der Waals surface area contributed by atoms with E-state index < -0.39 is 12.0 Å². The summed E-state index contributed by atoms with van der Waals surface area (Å²) in [5.74, 6) is -1.15. The van der Waals surface area contributed by atoms with E-state index >= 15 is 0 Å². The molecule has 25 heavy (non-hydrogen) atoms. The maximum atomic E-state index is 12.7. The Kier molecular flexibility index (Phi) is 4.83. The zero-order valence-electron chi connectivity index (χ0n) is 12.7. The molecule has 132 valence electrons. The van der Waals surface area contributed by atoms with Crippen molar-refractivity contribution in [3.8, 4) is 0 Å². The monoisotopic (exact) mass is 370 g/mol. The zero-order chi connectivity index (χ0) is 17.9. The number of carbonyl (C=O) groups is 1. The lowest BCUT2D eigenvalue weighted by Gasteiger charge is -2.06. The van der Waals surface area contributed by atoms with Crippen molar-refractivity contribution in [2.24, 2.45) is 0 Å². The van der Waals surface area contributed by atoms with Gasteiger partial charge in [0, 0.05) is 19.5 Å². The van der Waals surface area contributed by atoms with E-state index in [1.165, 1.54) is 0 Å². The van der Waals surface area contributed by atoms with Crippen LogP contribution in [-0.2, 0) is 19.1 Å². The van der Waals surface area contributed by atoms with Crippen LogP contribution in [0.5, 0.6) is 0 Å². The van der Waals surface area contributed by atoms with Gasteiger partial charge in [-0.25, -0.2) is 4.79 Å². The molecule has 3 aromatic rings. The minimum atomic E-state index is -4.61.